The number of benzene rings is 1. The SMILES string of the molecule is CCOC(=O)[C@]1(C)CCC[C@@]2(C)[C@@H]3CC[C@@]4(C)C[C@]3(CC[C@@H]21)[C@@H]1CN(c2cccc(C)c2C)N=C14. The van der Waals surface area contributed by atoms with Crippen LogP contribution in [0.3, 0.4) is 0 Å². The van der Waals surface area contributed by atoms with Crippen LogP contribution < -0.4 is 5.01 Å². The van der Waals surface area contributed by atoms with Crippen LogP contribution in [0.15, 0.2) is 23.3 Å². The van der Waals surface area contributed by atoms with E-state index in [1.54, 1.807) is 0 Å². The maximum atomic E-state index is 13.3. The van der Waals surface area contributed by atoms with Crippen molar-refractivity contribution in [2.75, 3.05) is 18.2 Å². The van der Waals surface area contributed by atoms with Crippen LogP contribution in [0.5, 0.6) is 0 Å². The summed E-state index contributed by atoms with van der Waals surface area (Å²) >= 11 is 0. The molecule has 4 heteroatoms. The average Bonchev–Trinajstić information content (AvgIpc) is 3.33. The largest absolute Gasteiger partial charge is 0.466 e. The molecule has 190 valence electrons. The van der Waals surface area contributed by atoms with E-state index in [1.807, 2.05) is 6.92 Å². The first-order valence-electron chi connectivity index (χ1n) is 14.2. The molecule has 0 N–H and O–H groups in total. The number of esters is 1. The molecule has 4 nitrogen and oxygen atoms in total. The number of hydrazone groups is 1. The molecule has 0 saturated heterocycles. The number of ether oxygens (including phenoxy) is 1. The predicted octanol–water partition coefficient (Wildman–Crippen LogP) is 7.07. The predicted molar refractivity (Wildman–Crippen MR) is 141 cm³/mol. The van der Waals surface area contributed by atoms with Gasteiger partial charge in [-0.3, -0.25) is 9.80 Å². The first-order chi connectivity index (χ1) is 16.6. The first kappa shape index (κ1) is 23.6. The van der Waals surface area contributed by atoms with Gasteiger partial charge in [0.2, 0.25) is 0 Å². The van der Waals surface area contributed by atoms with Crippen LogP contribution in [0.1, 0.15) is 90.2 Å². The summed E-state index contributed by atoms with van der Waals surface area (Å²) in [6.07, 6.45) is 9.63. The molecule has 5 aliphatic rings. The molecule has 1 aromatic carbocycles. The van der Waals surface area contributed by atoms with Crippen molar-refractivity contribution in [2.24, 2.45) is 44.5 Å². The number of anilines is 1. The third kappa shape index (κ3) is 2.98. The molecule has 1 aliphatic heterocycles. The Morgan fingerprint density at radius 1 is 1.09 bits per heavy atom. The highest BCUT2D eigenvalue weighted by Gasteiger charge is 2.71. The van der Waals surface area contributed by atoms with Crippen molar-refractivity contribution in [1.82, 2.24) is 0 Å². The van der Waals surface area contributed by atoms with Crippen LogP contribution in [0, 0.1) is 53.3 Å². The first-order valence-corrected chi connectivity index (χ1v) is 14.2. The van der Waals surface area contributed by atoms with Gasteiger partial charge in [-0.2, -0.15) is 5.10 Å². The minimum Gasteiger partial charge on any atom is -0.466 e. The van der Waals surface area contributed by atoms with Crippen molar-refractivity contribution in [3.8, 4) is 0 Å². The normalized spacial score (nSPS) is 43.8. The summed E-state index contributed by atoms with van der Waals surface area (Å²) in [7, 11) is 0. The summed E-state index contributed by atoms with van der Waals surface area (Å²) in [5.41, 5.74) is 5.92. The Hall–Kier alpha value is -1.84. The van der Waals surface area contributed by atoms with Crippen molar-refractivity contribution in [1.29, 1.82) is 0 Å². The summed E-state index contributed by atoms with van der Waals surface area (Å²) in [6.45, 7) is 15.2. The summed E-state index contributed by atoms with van der Waals surface area (Å²) < 4.78 is 5.68. The van der Waals surface area contributed by atoms with Crippen LogP contribution in [-0.2, 0) is 9.53 Å². The zero-order valence-corrected chi connectivity index (χ0v) is 22.7. The standard InChI is InChI=1S/C31H44N2O2/c1-7-35-27(34)30(6)15-9-14-29(5)24(30)13-17-31-19-28(4,16-12-25(29)31)26-22(31)18-33(32-26)23-11-8-10-20(2)21(23)3/h8,10-11,22,24-25H,7,9,12-19H2,1-6H3/t22-,24+,25+,28+,29-,30-,31-/m1/s1. The summed E-state index contributed by atoms with van der Waals surface area (Å²) in [6, 6.07) is 6.64. The van der Waals surface area contributed by atoms with Crippen molar-refractivity contribution in [2.45, 2.75) is 92.9 Å². The molecule has 0 aromatic heterocycles. The second-order valence-electron chi connectivity index (χ2n) is 13.5. The third-order valence-corrected chi connectivity index (χ3v) is 11.9. The fourth-order valence-corrected chi connectivity index (χ4v) is 10.3. The molecule has 7 atom stereocenters. The maximum Gasteiger partial charge on any atom is 0.312 e. The Morgan fingerprint density at radius 3 is 2.63 bits per heavy atom. The molecule has 4 fully saturated rings. The molecular weight excluding hydrogens is 432 g/mol. The van der Waals surface area contributed by atoms with E-state index in [0.717, 1.165) is 25.8 Å². The summed E-state index contributed by atoms with van der Waals surface area (Å²) in [4.78, 5) is 13.3. The van der Waals surface area contributed by atoms with Gasteiger partial charge in [0, 0.05) is 17.0 Å². The van der Waals surface area contributed by atoms with Gasteiger partial charge in [0.15, 0.2) is 0 Å². The van der Waals surface area contributed by atoms with Gasteiger partial charge < -0.3 is 4.74 Å². The molecule has 0 radical (unpaired) electrons. The Labute approximate surface area is 211 Å². The van der Waals surface area contributed by atoms with E-state index in [2.05, 4.69) is 57.8 Å². The molecule has 1 aromatic rings. The quantitative estimate of drug-likeness (QED) is 0.438. The Balaban J connectivity index is 1.38. The van der Waals surface area contributed by atoms with Crippen LogP contribution in [-0.4, -0.2) is 24.8 Å². The molecule has 35 heavy (non-hydrogen) atoms. The fourth-order valence-electron chi connectivity index (χ4n) is 10.3. The third-order valence-electron chi connectivity index (χ3n) is 11.9. The lowest BCUT2D eigenvalue weighted by Gasteiger charge is -2.64. The lowest BCUT2D eigenvalue weighted by molar-refractivity contribution is -0.191. The molecule has 6 rings (SSSR count). The van der Waals surface area contributed by atoms with Crippen molar-refractivity contribution < 1.29 is 9.53 Å². The number of hydrogen-bond donors (Lipinski definition) is 0. The van der Waals surface area contributed by atoms with Crippen LogP contribution >= 0.6 is 0 Å². The number of fused-ring (bicyclic) bond motifs is 5. The van der Waals surface area contributed by atoms with E-state index < -0.39 is 0 Å². The van der Waals surface area contributed by atoms with E-state index >= 15 is 0 Å². The molecule has 1 heterocycles. The molecular formula is C31H44N2O2. The maximum absolute atomic E-state index is 13.3. The average molecular weight is 477 g/mol. The number of carbonyl (C=O) groups excluding carboxylic acids is 1. The fraction of sp³-hybridized carbons (Fsp3) is 0.742. The second kappa shape index (κ2) is 7.59. The van der Waals surface area contributed by atoms with Crippen LogP contribution in [0.25, 0.3) is 0 Å². The lowest BCUT2D eigenvalue weighted by atomic mass is 9.39. The number of carbonyl (C=O) groups is 1. The van der Waals surface area contributed by atoms with Gasteiger partial charge >= 0.3 is 5.97 Å². The van der Waals surface area contributed by atoms with E-state index in [0.29, 0.717) is 29.8 Å². The highest BCUT2D eigenvalue weighted by atomic mass is 16.5. The van der Waals surface area contributed by atoms with E-state index in [-0.39, 0.29) is 22.2 Å². The topological polar surface area (TPSA) is 41.9 Å². The number of hydrogen-bond acceptors (Lipinski definition) is 4. The Bertz CT molecular complexity index is 1100. The molecule has 2 bridgehead atoms. The van der Waals surface area contributed by atoms with Crippen molar-refractivity contribution in [3.05, 3.63) is 29.3 Å². The Morgan fingerprint density at radius 2 is 1.86 bits per heavy atom. The van der Waals surface area contributed by atoms with Crippen LogP contribution in [0.2, 0.25) is 0 Å². The monoisotopic (exact) mass is 476 g/mol. The lowest BCUT2D eigenvalue weighted by Crippen LogP contribution is -2.60. The molecule has 1 spiro atoms. The van der Waals surface area contributed by atoms with Gasteiger partial charge in [0.25, 0.3) is 0 Å². The Kier molecular flexibility index (Phi) is 5.10. The number of nitrogens with zero attached hydrogens (tertiary/aromatic N) is 2. The van der Waals surface area contributed by atoms with Gasteiger partial charge in [-0.1, -0.05) is 32.4 Å². The van der Waals surface area contributed by atoms with Gasteiger partial charge in [-0.15, -0.1) is 0 Å². The summed E-state index contributed by atoms with van der Waals surface area (Å²) in [5, 5.41) is 7.76. The highest BCUT2D eigenvalue weighted by Crippen LogP contribution is 2.75. The smallest absolute Gasteiger partial charge is 0.312 e. The zero-order chi connectivity index (χ0) is 24.8. The van der Waals surface area contributed by atoms with Gasteiger partial charge in [0.1, 0.15) is 0 Å². The van der Waals surface area contributed by atoms with E-state index in [9.17, 15) is 4.79 Å². The van der Waals surface area contributed by atoms with E-state index in [4.69, 9.17) is 9.84 Å². The zero-order valence-electron chi connectivity index (χ0n) is 22.7. The number of aryl methyl sites for hydroxylation is 1. The second-order valence-corrected chi connectivity index (χ2v) is 13.5. The minimum absolute atomic E-state index is 0.0585. The molecule has 4 saturated carbocycles. The van der Waals surface area contributed by atoms with Crippen LogP contribution in [0.4, 0.5) is 5.69 Å². The molecule has 4 aliphatic carbocycles. The molecule has 0 amide bonds. The van der Waals surface area contributed by atoms with Gasteiger partial charge in [0.05, 0.1) is 24.3 Å². The summed E-state index contributed by atoms with van der Waals surface area (Å²) in [5.74, 6) is 1.71. The van der Waals surface area contributed by atoms with E-state index in [1.165, 1.54) is 54.6 Å². The highest BCUT2D eigenvalue weighted by molar-refractivity contribution is 5.98. The van der Waals surface area contributed by atoms with Crippen molar-refractivity contribution in [3.63, 3.8) is 0 Å². The molecule has 0 unspecified atom stereocenters. The number of rotatable bonds is 3. The van der Waals surface area contributed by atoms with Crippen molar-refractivity contribution >= 4 is 17.4 Å². The van der Waals surface area contributed by atoms with Gasteiger partial charge in [-0.25, -0.2) is 0 Å². The van der Waals surface area contributed by atoms with Gasteiger partial charge in [-0.05, 0) is 112 Å². The minimum atomic E-state index is -0.332.